The second-order valence-corrected chi connectivity index (χ2v) is 8.28. The van der Waals surface area contributed by atoms with Crippen molar-refractivity contribution in [3.05, 3.63) is 59.7 Å². The first-order valence-corrected chi connectivity index (χ1v) is 9.91. The maximum Gasteiger partial charge on any atom is 0.240 e. The highest BCUT2D eigenvalue weighted by Crippen LogP contribution is 2.24. The summed E-state index contributed by atoms with van der Waals surface area (Å²) < 4.78 is 27.3. The number of rotatable bonds is 6. The Bertz CT molecular complexity index is 743. The summed E-state index contributed by atoms with van der Waals surface area (Å²) in [6.07, 6.45) is 3.18. The number of aryl methyl sites for hydroxylation is 2. The number of hydrogen-bond acceptors (Lipinski definition) is 3. The van der Waals surface area contributed by atoms with Gasteiger partial charge in [-0.2, -0.15) is 0 Å². The van der Waals surface area contributed by atoms with Crippen LogP contribution in [0.15, 0.2) is 58.3 Å². The van der Waals surface area contributed by atoms with E-state index >= 15 is 0 Å². The molecule has 0 unspecified atom stereocenters. The standard InChI is InChI=1S/C17H19NO2S2/c19-22(20,17-10-9-14-5-4-6-15(14)13-17)18-11-12-21-16-7-2-1-3-8-16/h1-3,7-10,13,18H,4-6,11-12H2. The zero-order valence-electron chi connectivity index (χ0n) is 12.3. The first-order valence-electron chi connectivity index (χ1n) is 7.44. The highest BCUT2D eigenvalue weighted by atomic mass is 32.2. The highest BCUT2D eigenvalue weighted by Gasteiger charge is 2.17. The Morgan fingerprint density at radius 2 is 1.77 bits per heavy atom. The third-order valence-electron chi connectivity index (χ3n) is 3.79. The Hall–Kier alpha value is -1.30. The van der Waals surface area contributed by atoms with E-state index in [1.54, 1.807) is 17.8 Å². The van der Waals surface area contributed by atoms with Crippen molar-refractivity contribution in [3.63, 3.8) is 0 Å². The third-order valence-corrected chi connectivity index (χ3v) is 6.26. The average molecular weight is 333 g/mol. The second-order valence-electron chi connectivity index (χ2n) is 5.34. The number of nitrogens with one attached hydrogen (secondary N) is 1. The molecule has 0 saturated heterocycles. The highest BCUT2D eigenvalue weighted by molar-refractivity contribution is 7.99. The number of fused-ring (bicyclic) bond motifs is 1. The van der Waals surface area contributed by atoms with Crippen LogP contribution in [0.2, 0.25) is 0 Å². The van der Waals surface area contributed by atoms with Gasteiger partial charge in [-0.05, 0) is 54.7 Å². The van der Waals surface area contributed by atoms with Crippen LogP contribution in [0.1, 0.15) is 17.5 Å². The molecule has 0 saturated carbocycles. The minimum Gasteiger partial charge on any atom is -0.210 e. The van der Waals surface area contributed by atoms with Crippen LogP contribution in [-0.4, -0.2) is 20.7 Å². The monoisotopic (exact) mass is 333 g/mol. The summed E-state index contributed by atoms with van der Waals surface area (Å²) in [5.74, 6) is 0.716. The van der Waals surface area contributed by atoms with Gasteiger partial charge in [-0.25, -0.2) is 13.1 Å². The molecule has 0 atom stereocenters. The molecule has 2 aromatic rings. The van der Waals surface area contributed by atoms with Crippen molar-refractivity contribution in [1.82, 2.24) is 4.72 Å². The Kier molecular flexibility index (Phi) is 4.86. The summed E-state index contributed by atoms with van der Waals surface area (Å²) in [4.78, 5) is 1.54. The summed E-state index contributed by atoms with van der Waals surface area (Å²) in [5.41, 5.74) is 2.47. The number of sulfonamides is 1. The molecule has 0 heterocycles. The molecular weight excluding hydrogens is 314 g/mol. The lowest BCUT2D eigenvalue weighted by Crippen LogP contribution is -2.26. The summed E-state index contributed by atoms with van der Waals surface area (Å²) in [5, 5.41) is 0. The van der Waals surface area contributed by atoms with Crippen LogP contribution in [0.25, 0.3) is 0 Å². The lowest BCUT2D eigenvalue weighted by molar-refractivity contribution is 0.584. The normalized spacial score (nSPS) is 14.0. The lowest BCUT2D eigenvalue weighted by atomic mass is 10.1. The van der Waals surface area contributed by atoms with Crippen molar-refractivity contribution >= 4 is 21.8 Å². The summed E-state index contributed by atoms with van der Waals surface area (Å²) >= 11 is 1.65. The molecule has 1 N–H and O–H groups in total. The van der Waals surface area contributed by atoms with Gasteiger partial charge in [0.05, 0.1) is 4.90 Å². The molecule has 0 bridgehead atoms. The van der Waals surface area contributed by atoms with Crippen molar-refractivity contribution in [2.75, 3.05) is 12.3 Å². The fourth-order valence-corrected chi connectivity index (χ4v) is 4.66. The fourth-order valence-electron chi connectivity index (χ4n) is 2.66. The molecule has 0 fully saturated rings. The van der Waals surface area contributed by atoms with Crippen molar-refractivity contribution < 1.29 is 8.42 Å². The molecule has 0 aromatic heterocycles. The second kappa shape index (κ2) is 6.86. The minimum absolute atomic E-state index is 0.387. The molecule has 1 aliphatic carbocycles. The van der Waals surface area contributed by atoms with Gasteiger partial charge in [-0.3, -0.25) is 0 Å². The van der Waals surface area contributed by atoms with Gasteiger partial charge in [-0.1, -0.05) is 24.3 Å². The van der Waals surface area contributed by atoms with Crippen LogP contribution >= 0.6 is 11.8 Å². The molecular formula is C17H19NO2S2. The number of thioether (sulfide) groups is 1. The van der Waals surface area contributed by atoms with Gasteiger partial charge in [0.25, 0.3) is 0 Å². The molecule has 0 radical (unpaired) electrons. The largest absolute Gasteiger partial charge is 0.240 e. The molecule has 5 heteroatoms. The first-order chi connectivity index (χ1) is 10.6. The van der Waals surface area contributed by atoms with Gasteiger partial charge < -0.3 is 0 Å². The van der Waals surface area contributed by atoms with Crippen LogP contribution in [0.3, 0.4) is 0 Å². The minimum atomic E-state index is -3.40. The zero-order valence-corrected chi connectivity index (χ0v) is 13.9. The van der Waals surface area contributed by atoms with Gasteiger partial charge in [0.15, 0.2) is 0 Å². The van der Waals surface area contributed by atoms with E-state index in [4.69, 9.17) is 0 Å². The van der Waals surface area contributed by atoms with E-state index in [0.29, 0.717) is 17.2 Å². The van der Waals surface area contributed by atoms with Crippen molar-refractivity contribution in [2.24, 2.45) is 0 Å². The van der Waals surface area contributed by atoms with E-state index in [9.17, 15) is 8.42 Å². The maximum atomic E-state index is 12.3. The van der Waals surface area contributed by atoms with Gasteiger partial charge in [0, 0.05) is 17.2 Å². The Morgan fingerprint density at radius 1 is 1.00 bits per heavy atom. The molecule has 116 valence electrons. The van der Waals surface area contributed by atoms with Gasteiger partial charge in [0.1, 0.15) is 0 Å². The topological polar surface area (TPSA) is 46.2 Å². The van der Waals surface area contributed by atoms with E-state index in [1.807, 2.05) is 42.5 Å². The third kappa shape index (κ3) is 3.72. The summed E-state index contributed by atoms with van der Waals surface area (Å²) in [7, 11) is -3.40. The Balaban J connectivity index is 1.57. The number of benzene rings is 2. The van der Waals surface area contributed by atoms with Crippen LogP contribution in [-0.2, 0) is 22.9 Å². The maximum absolute atomic E-state index is 12.3. The molecule has 3 rings (SSSR count). The molecule has 3 nitrogen and oxygen atoms in total. The zero-order chi connectivity index (χ0) is 15.4. The molecule has 22 heavy (non-hydrogen) atoms. The van der Waals surface area contributed by atoms with Gasteiger partial charge >= 0.3 is 0 Å². The van der Waals surface area contributed by atoms with Crippen LogP contribution in [0.4, 0.5) is 0 Å². The number of hydrogen-bond donors (Lipinski definition) is 1. The van der Waals surface area contributed by atoms with E-state index < -0.39 is 10.0 Å². The predicted molar refractivity (Wildman–Crippen MR) is 90.8 cm³/mol. The van der Waals surface area contributed by atoms with E-state index in [-0.39, 0.29) is 0 Å². The molecule has 0 spiro atoms. The molecule has 0 aliphatic heterocycles. The Morgan fingerprint density at radius 3 is 2.59 bits per heavy atom. The molecule has 1 aliphatic rings. The summed E-state index contributed by atoms with van der Waals surface area (Å²) in [6, 6.07) is 15.5. The van der Waals surface area contributed by atoms with Crippen LogP contribution in [0.5, 0.6) is 0 Å². The predicted octanol–water partition coefficient (Wildman–Crippen LogP) is 3.25. The smallest absolute Gasteiger partial charge is 0.210 e. The average Bonchev–Trinajstić information content (AvgIpc) is 3.00. The SMILES string of the molecule is O=S(=O)(NCCSc1ccccc1)c1ccc2c(c1)CCC2. The van der Waals surface area contributed by atoms with Crippen molar-refractivity contribution in [2.45, 2.75) is 29.1 Å². The van der Waals surface area contributed by atoms with Crippen LogP contribution < -0.4 is 4.72 Å². The Labute approximate surface area is 136 Å². The lowest BCUT2D eigenvalue weighted by Gasteiger charge is -2.08. The van der Waals surface area contributed by atoms with Crippen LogP contribution in [0, 0.1) is 0 Å². The summed E-state index contributed by atoms with van der Waals surface area (Å²) in [6.45, 7) is 0.430. The van der Waals surface area contributed by atoms with E-state index in [2.05, 4.69) is 4.72 Å². The van der Waals surface area contributed by atoms with Gasteiger partial charge in [0.2, 0.25) is 10.0 Å². The molecule has 0 amide bonds. The quantitative estimate of drug-likeness (QED) is 0.652. The van der Waals surface area contributed by atoms with Gasteiger partial charge in [-0.15, -0.1) is 11.8 Å². The fraction of sp³-hybridized carbons (Fsp3) is 0.294. The molecule has 2 aromatic carbocycles. The van der Waals surface area contributed by atoms with E-state index in [1.165, 1.54) is 11.1 Å². The van der Waals surface area contributed by atoms with Crippen molar-refractivity contribution in [1.29, 1.82) is 0 Å². The van der Waals surface area contributed by atoms with Crippen molar-refractivity contribution in [3.8, 4) is 0 Å². The first kappa shape index (κ1) is 15.6. The van der Waals surface area contributed by atoms with E-state index in [0.717, 1.165) is 24.2 Å².